The van der Waals surface area contributed by atoms with Gasteiger partial charge < -0.3 is 0 Å². The minimum absolute atomic E-state index is 0. The summed E-state index contributed by atoms with van der Waals surface area (Å²) < 4.78 is 15.7. The molecule has 0 aliphatic carbocycles. The van der Waals surface area contributed by atoms with Gasteiger partial charge in [-0.2, -0.15) is 0 Å². The van der Waals surface area contributed by atoms with E-state index in [9.17, 15) is 0 Å². The molecule has 0 aromatic carbocycles. The normalized spacial score (nSPS) is 2.00. The summed E-state index contributed by atoms with van der Waals surface area (Å²) in [6.45, 7) is 0. The van der Waals surface area contributed by atoms with Crippen molar-refractivity contribution in [2.45, 2.75) is 0 Å². The van der Waals surface area contributed by atoms with Crippen molar-refractivity contribution in [3.8, 4) is 0 Å². The summed E-state index contributed by atoms with van der Waals surface area (Å²) in [4.78, 5) is 0. The Labute approximate surface area is 42.6 Å². The second kappa shape index (κ2) is 9.29. The molecule has 0 unspecified atom stereocenters. The summed E-state index contributed by atoms with van der Waals surface area (Å²) in [6, 6.07) is 0. The predicted molar refractivity (Wildman–Crippen MR) is 14.4 cm³/mol. The molecule has 0 heterocycles. The molecular formula is HAlLiO2. The van der Waals surface area contributed by atoms with Crippen molar-refractivity contribution in [1.29, 1.82) is 0 Å². The Hall–Kier alpha value is 0.730. The van der Waals surface area contributed by atoms with Gasteiger partial charge in [0, 0.05) is 18.9 Å². The first kappa shape index (κ1) is 8.83. The molecule has 0 rings (SSSR count). The Morgan fingerprint density at radius 1 is 1.75 bits per heavy atom. The molecule has 0 saturated heterocycles. The number of hydrogen-bond acceptors (Lipinski definition) is 1. The van der Waals surface area contributed by atoms with E-state index in [1.165, 1.54) is 0 Å². The zero-order chi connectivity index (χ0) is 2.71. The van der Waals surface area contributed by atoms with E-state index in [1.807, 2.05) is 0 Å². The Morgan fingerprint density at radius 3 is 1.75 bits per heavy atom. The zero-order valence-electron chi connectivity index (χ0n) is 2.43. The Morgan fingerprint density at radius 2 is 1.75 bits per heavy atom. The molecule has 0 amide bonds. The summed E-state index contributed by atoms with van der Waals surface area (Å²) in [5.41, 5.74) is 0. The summed E-state index contributed by atoms with van der Waals surface area (Å²) in [7, 11) is 0. The van der Waals surface area contributed by atoms with Crippen LogP contribution in [0.4, 0.5) is 0 Å². The molecule has 1 N–H and O–H groups in total. The van der Waals surface area contributed by atoms with Gasteiger partial charge in [-0.3, -0.25) is 0 Å². The fraction of sp³-hybridized carbons (Fsp3) is 0. The third-order valence-electron chi connectivity index (χ3n) is 0. The van der Waals surface area contributed by atoms with Crippen LogP contribution in [0.1, 0.15) is 0 Å². The molecule has 0 aromatic heterocycles. The molecule has 0 saturated carbocycles. The molecule has 0 bridgehead atoms. The summed E-state index contributed by atoms with van der Waals surface area (Å²) in [5.74, 6) is 0. The van der Waals surface area contributed by atoms with E-state index in [1.54, 1.807) is 0 Å². The fourth-order valence-electron chi connectivity index (χ4n) is 0. The third-order valence-corrected chi connectivity index (χ3v) is 0. The third kappa shape index (κ3) is 15.3. The van der Waals surface area contributed by atoms with Gasteiger partial charge in [-0.25, -0.2) is 0 Å². The van der Waals surface area contributed by atoms with Crippen molar-refractivity contribution >= 4 is 34.3 Å². The summed E-state index contributed by atoms with van der Waals surface area (Å²) >= 11 is -1.50. The van der Waals surface area contributed by atoms with Crippen molar-refractivity contribution < 1.29 is 7.96 Å². The summed E-state index contributed by atoms with van der Waals surface area (Å²) in [6.07, 6.45) is 0. The second-order valence-electron chi connectivity index (χ2n) is 0.105. The molecule has 17 valence electrons. The molecule has 4 heteroatoms. The molecule has 0 fully saturated rings. The van der Waals surface area contributed by atoms with Gasteiger partial charge in [0.1, 0.15) is 0 Å². The van der Waals surface area contributed by atoms with E-state index in [-0.39, 0.29) is 18.9 Å². The predicted octanol–water partition coefficient (Wildman–Crippen LogP) is -1.44. The van der Waals surface area contributed by atoms with Crippen LogP contribution in [0.5, 0.6) is 0 Å². The average Bonchev–Trinajstić information content (AvgIpc) is 0.918. The van der Waals surface area contributed by atoms with E-state index >= 15 is 0 Å². The summed E-state index contributed by atoms with van der Waals surface area (Å²) in [5, 5.41) is 0. The fourth-order valence-corrected chi connectivity index (χ4v) is 0. The topological polar surface area (TPSA) is 37.3 Å². The molecule has 2 nitrogen and oxygen atoms in total. The van der Waals surface area contributed by atoms with Crippen LogP contribution in [0, 0.1) is 0 Å². The van der Waals surface area contributed by atoms with Crippen molar-refractivity contribution in [2.24, 2.45) is 0 Å². The molecular weight excluding hydrogens is 65.9 g/mol. The average molecular weight is 66.9 g/mol. The molecule has 1 radical (unpaired) electrons. The van der Waals surface area contributed by atoms with Crippen LogP contribution >= 0.6 is 0 Å². The first-order valence-corrected chi connectivity index (χ1v) is 1.48. The monoisotopic (exact) mass is 67.0 g/mol. The standard InChI is InChI=1S/Al.Li.H2O.O/h;;1H2;/q+1;;;/p-1. The van der Waals surface area contributed by atoms with Crippen molar-refractivity contribution in [3.63, 3.8) is 0 Å². The minimum atomic E-state index is -1.50. The maximum absolute atomic E-state index is 8.57. The second-order valence-corrected chi connectivity index (χ2v) is 0.316. The Balaban J connectivity index is 0. The SMILES string of the molecule is [Li].[O]=[Al][OH]. The molecule has 4 heavy (non-hydrogen) atoms. The Kier molecular flexibility index (Phi) is 20.5. The van der Waals surface area contributed by atoms with Crippen molar-refractivity contribution in [1.82, 2.24) is 0 Å². The number of rotatable bonds is 0. The van der Waals surface area contributed by atoms with Crippen molar-refractivity contribution in [3.05, 3.63) is 0 Å². The molecule has 0 atom stereocenters. The van der Waals surface area contributed by atoms with Crippen molar-refractivity contribution in [2.75, 3.05) is 0 Å². The molecule has 0 spiro atoms. The van der Waals surface area contributed by atoms with E-state index in [0.717, 1.165) is 0 Å². The van der Waals surface area contributed by atoms with Crippen LogP contribution in [0.25, 0.3) is 0 Å². The van der Waals surface area contributed by atoms with Gasteiger partial charge in [0.25, 0.3) is 0 Å². The van der Waals surface area contributed by atoms with Gasteiger partial charge in [0.15, 0.2) is 0 Å². The maximum atomic E-state index is 8.57. The van der Waals surface area contributed by atoms with E-state index < -0.39 is 15.5 Å². The van der Waals surface area contributed by atoms with E-state index in [2.05, 4.69) is 0 Å². The van der Waals surface area contributed by atoms with Crippen LogP contribution < -0.4 is 0 Å². The molecule has 0 aliphatic heterocycles. The van der Waals surface area contributed by atoms with E-state index in [0.29, 0.717) is 0 Å². The van der Waals surface area contributed by atoms with Gasteiger partial charge in [0.2, 0.25) is 0 Å². The van der Waals surface area contributed by atoms with Gasteiger partial charge in [0.05, 0.1) is 0 Å². The Bertz CT molecular complexity index is 13.5. The van der Waals surface area contributed by atoms with E-state index in [4.69, 9.17) is 7.96 Å². The van der Waals surface area contributed by atoms with Crippen LogP contribution in [-0.4, -0.2) is 38.5 Å². The van der Waals surface area contributed by atoms with Crippen LogP contribution in [0.15, 0.2) is 0 Å². The van der Waals surface area contributed by atoms with Gasteiger partial charge in [-0.1, -0.05) is 0 Å². The van der Waals surface area contributed by atoms with Crippen LogP contribution in [0.3, 0.4) is 0 Å². The molecule has 0 aromatic rings. The number of hydrogen-bond donors (Lipinski definition) is 1. The zero-order valence-corrected chi connectivity index (χ0v) is 3.59. The van der Waals surface area contributed by atoms with Gasteiger partial charge >= 0.3 is 23.4 Å². The van der Waals surface area contributed by atoms with Crippen LogP contribution in [0.2, 0.25) is 0 Å². The molecule has 0 aliphatic rings. The first-order chi connectivity index (χ1) is 1.41. The van der Waals surface area contributed by atoms with Crippen LogP contribution in [-0.2, 0) is 3.80 Å². The van der Waals surface area contributed by atoms with Gasteiger partial charge in [-0.05, 0) is 0 Å². The first-order valence-electron chi connectivity index (χ1n) is 0.494. The quantitative estimate of drug-likeness (QED) is 0.352. The van der Waals surface area contributed by atoms with Gasteiger partial charge in [-0.15, -0.1) is 0 Å².